The molecule has 5 nitrogen and oxygen atoms in total. The zero-order valence-electron chi connectivity index (χ0n) is 8.31. The van der Waals surface area contributed by atoms with Crippen LogP contribution in [-0.2, 0) is 0 Å². The van der Waals surface area contributed by atoms with E-state index in [1.165, 1.54) is 0 Å². The van der Waals surface area contributed by atoms with Crippen molar-refractivity contribution in [1.29, 1.82) is 0 Å². The van der Waals surface area contributed by atoms with Gasteiger partial charge in [-0.1, -0.05) is 15.9 Å². The highest BCUT2D eigenvalue weighted by Crippen LogP contribution is 2.26. The topological polar surface area (TPSA) is 52.8 Å². The average Bonchev–Trinajstić information content (AvgIpc) is 2.64. The molecule has 0 bridgehead atoms. The number of hydrogen-bond acceptors (Lipinski definition) is 4. The van der Waals surface area contributed by atoms with E-state index in [4.69, 9.17) is 4.74 Å². The Morgan fingerprint density at radius 2 is 2.20 bits per heavy atom. The van der Waals surface area contributed by atoms with Crippen LogP contribution in [0.2, 0.25) is 0 Å². The predicted molar refractivity (Wildman–Crippen MR) is 58.1 cm³/mol. The highest BCUT2D eigenvalue weighted by Gasteiger charge is 2.09. The summed E-state index contributed by atoms with van der Waals surface area (Å²) in [5, 5.41) is 11.3. The highest BCUT2D eigenvalue weighted by atomic mass is 79.9. The molecule has 1 heterocycles. The molecule has 0 spiro atoms. The Hall–Kier alpha value is -1.43. The third-order valence-electron chi connectivity index (χ3n) is 1.99. The standard InChI is InChI=1S/C9H9BrN4O/c1-6-11-12-13-14(6)8-5-7(10)3-4-9(8)15-2/h3-5H,1-2H3. The van der Waals surface area contributed by atoms with E-state index >= 15 is 0 Å². The van der Waals surface area contributed by atoms with Crippen LogP contribution in [0.3, 0.4) is 0 Å². The lowest BCUT2D eigenvalue weighted by molar-refractivity contribution is 0.411. The summed E-state index contributed by atoms with van der Waals surface area (Å²) in [6.45, 7) is 1.83. The summed E-state index contributed by atoms with van der Waals surface area (Å²) in [6.07, 6.45) is 0. The first kappa shape index (κ1) is 10.1. The maximum atomic E-state index is 5.24. The number of hydrogen-bond donors (Lipinski definition) is 0. The Morgan fingerprint density at radius 3 is 2.80 bits per heavy atom. The number of aryl methyl sites for hydroxylation is 1. The third-order valence-corrected chi connectivity index (χ3v) is 2.49. The minimum atomic E-state index is 0.714. The van der Waals surface area contributed by atoms with Crippen LogP contribution in [0.25, 0.3) is 5.69 Å². The van der Waals surface area contributed by atoms with E-state index in [0.29, 0.717) is 5.82 Å². The lowest BCUT2D eigenvalue weighted by Crippen LogP contribution is -2.02. The molecule has 0 fully saturated rings. The minimum Gasteiger partial charge on any atom is -0.494 e. The average molecular weight is 269 g/mol. The van der Waals surface area contributed by atoms with Crippen molar-refractivity contribution in [3.63, 3.8) is 0 Å². The van der Waals surface area contributed by atoms with E-state index in [1.807, 2.05) is 25.1 Å². The van der Waals surface area contributed by atoms with E-state index in [2.05, 4.69) is 31.5 Å². The first-order valence-corrected chi connectivity index (χ1v) is 5.10. The Bertz CT molecular complexity index is 483. The molecule has 0 saturated carbocycles. The van der Waals surface area contributed by atoms with Gasteiger partial charge in [0, 0.05) is 4.47 Å². The number of benzene rings is 1. The quantitative estimate of drug-likeness (QED) is 0.833. The fourth-order valence-corrected chi connectivity index (χ4v) is 1.63. The largest absolute Gasteiger partial charge is 0.494 e. The number of ether oxygens (including phenoxy) is 1. The van der Waals surface area contributed by atoms with Gasteiger partial charge in [0.2, 0.25) is 0 Å². The van der Waals surface area contributed by atoms with Crippen LogP contribution in [0, 0.1) is 6.92 Å². The monoisotopic (exact) mass is 268 g/mol. The molecule has 0 aliphatic rings. The smallest absolute Gasteiger partial charge is 0.153 e. The second-order valence-corrected chi connectivity index (χ2v) is 3.87. The highest BCUT2D eigenvalue weighted by molar-refractivity contribution is 9.10. The first-order chi connectivity index (χ1) is 7.22. The van der Waals surface area contributed by atoms with Crippen molar-refractivity contribution in [1.82, 2.24) is 20.2 Å². The molecule has 0 saturated heterocycles. The van der Waals surface area contributed by atoms with Crippen molar-refractivity contribution in [3.05, 3.63) is 28.5 Å². The summed E-state index contributed by atoms with van der Waals surface area (Å²) >= 11 is 3.40. The Balaban J connectivity index is 2.60. The Labute approximate surface area is 95.2 Å². The van der Waals surface area contributed by atoms with Gasteiger partial charge in [-0.25, -0.2) is 0 Å². The lowest BCUT2D eigenvalue weighted by Gasteiger charge is -2.08. The summed E-state index contributed by atoms with van der Waals surface area (Å²) in [4.78, 5) is 0. The van der Waals surface area contributed by atoms with Gasteiger partial charge in [-0.2, -0.15) is 4.68 Å². The molecule has 0 atom stereocenters. The van der Waals surface area contributed by atoms with Crippen LogP contribution in [0.4, 0.5) is 0 Å². The van der Waals surface area contributed by atoms with Crippen LogP contribution < -0.4 is 4.74 Å². The summed E-state index contributed by atoms with van der Waals surface area (Å²) < 4.78 is 7.82. The molecular weight excluding hydrogens is 260 g/mol. The molecule has 6 heteroatoms. The fourth-order valence-electron chi connectivity index (χ4n) is 1.28. The second kappa shape index (κ2) is 3.98. The molecule has 0 N–H and O–H groups in total. The molecule has 0 amide bonds. The summed E-state index contributed by atoms with van der Waals surface area (Å²) in [6, 6.07) is 5.67. The molecule has 15 heavy (non-hydrogen) atoms. The van der Waals surface area contributed by atoms with E-state index in [0.717, 1.165) is 15.9 Å². The van der Waals surface area contributed by atoms with E-state index in [1.54, 1.807) is 11.8 Å². The number of aromatic nitrogens is 4. The van der Waals surface area contributed by atoms with Gasteiger partial charge in [0.05, 0.1) is 7.11 Å². The maximum absolute atomic E-state index is 5.24. The Morgan fingerprint density at radius 1 is 1.40 bits per heavy atom. The summed E-state index contributed by atoms with van der Waals surface area (Å²) in [7, 11) is 1.62. The number of tetrazole rings is 1. The molecule has 0 unspecified atom stereocenters. The van der Waals surface area contributed by atoms with Gasteiger partial charge < -0.3 is 4.74 Å². The lowest BCUT2D eigenvalue weighted by atomic mass is 10.3. The SMILES string of the molecule is COc1ccc(Br)cc1-n1nnnc1C. The minimum absolute atomic E-state index is 0.714. The molecule has 2 aromatic rings. The van der Waals surface area contributed by atoms with Crippen LogP contribution in [0.15, 0.2) is 22.7 Å². The normalized spacial score (nSPS) is 10.3. The van der Waals surface area contributed by atoms with Crippen molar-refractivity contribution < 1.29 is 4.74 Å². The molecule has 0 aliphatic heterocycles. The number of rotatable bonds is 2. The van der Waals surface area contributed by atoms with Gasteiger partial charge in [-0.05, 0) is 35.5 Å². The van der Waals surface area contributed by atoms with Gasteiger partial charge in [-0.3, -0.25) is 0 Å². The zero-order chi connectivity index (χ0) is 10.8. The predicted octanol–water partition coefficient (Wildman–Crippen LogP) is 1.74. The molecular formula is C9H9BrN4O. The van der Waals surface area contributed by atoms with Crippen LogP contribution in [0.5, 0.6) is 5.75 Å². The summed E-state index contributed by atoms with van der Waals surface area (Å²) in [5.74, 6) is 1.44. The van der Waals surface area contributed by atoms with E-state index < -0.39 is 0 Å². The van der Waals surface area contributed by atoms with Crippen molar-refractivity contribution >= 4 is 15.9 Å². The van der Waals surface area contributed by atoms with Crippen molar-refractivity contribution in [3.8, 4) is 11.4 Å². The number of nitrogens with zero attached hydrogens (tertiary/aromatic N) is 4. The third kappa shape index (κ3) is 1.85. The number of halogens is 1. The first-order valence-electron chi connectivity index (χ1n) is 4.31. The van der Waals surface area contributed by atoms with Gasteiger partial charge >= 0.3 is 0 Å². The fraction of sp³-hybridized carbons (Fsp3) is 0.222. The van der Waals surface area contributed by atoms with E-state index in [9.17, 15) is 0 Å². The molecule has 0 radical (unpaired) electrons. The van der Waals surface area contributed by atoms with Gasteiger partial charge in [0.15, 0.2) is 5.82 Å². The van der Waals surface area contributed by atoms with Crippen molar-refractivity contribution in [2.75, 3.05) is 7.11 Å². The van der Waals surface area contributed by atoms with Crippen LogP contribution >= 0.6 is 15.9 Å². The van der Waals surface area contributed by atoms with Crippen molar-refractivity contribution in [2.24, 2.45) is 0 Å². The van der Waals surface area contributed by atoms with Crippen LogP contribution in [0.1, 0.15) is 5.82 Å². The van der Waals surface area contributed by atoms with E-state index in [-0.39, 0.29) is 0 Å². The van der Waals surface area contributed by atoms with Gasteiger partial charge in [0.1, 0.15) is 11.4 Å². The Kier molecular flexibility index (Phi) is 2.68. The van der Waals surface area contributed by atoms with Crippen LogP contribution in [-0.4, -0.2) is 27.3 Å². The molecule has 1 aromatic carbocycles. The molecule has 78 valence electrons. The van der Waals surface area contributed by atoms with Crippen molar-refractivity contribution in [2.45, 2.75) is 6.92 Å². The molecule has 2 rings (SSSR count). The zero-order valence-corrected chi connectivity index (χ0v) is 9.89. The second-order valence-electron chi connectivity index (χ2n) is 2.95. The molecule has 1 aromatic heterocycles. The molecule has 0 aliphatic carbocycles. The van der Waals surface area contributed by atoms with Gasteiger partial charge in [-0.15, -0.1) is 5.10 Å². The van der Waals surface area contributed by atoms with Gasteiger partial charge in [0.25, 0.3) is 0 Å². The number of methoxy groups -OCH3 is 1. The summed E-state index contributed by atoms with van der Waals surface area (Å²) in [5.41, 5.74) is 0.814. The maximum Gasteiger partial charge on any atom is 0.153 e.